The van der Waals surface area contributed by atoms with Crippen LogP contribution in [0.2, 0.25) is 0 Å². The number of amides is 2. The molecule has 2 aliphatic rings. The Hall–Kier alpha value is -1.34. The molecule has 2 amide bonds. The molecule has 0 aromatic heterocycles. The van der Waals surface area contributed by atoms with Crippen LogP contribution in [0.5, 0.6) is 0 Å². The van der Waals surface area contributed by atoms with Crippen molar-refractivity contribution >= 4 is 12.0 Å². The van der Waals surface area contributed by atoms with Crippen molar-refractivity contribution in [3.63, 3.8) is 0 Å². The Morgan fingerprint density at radius 2 is 2.28 bits per heavy atom. The average Bonchev–Trinajstić information content (AvgIpc) is 2.89. The van der Waals surface area contributed by atoms with E-state index in [9.17, 15) is 14.7 Å². The van der Waals surface area contributed by atoms with Crippen LogP contribution in [0.3, 0.4) is 0 Å². The van der Waals surface area contributed by atoms with E-state index in [4.69, 9.17) is 4.74 Å². The Labute approximate surface area is 105 Å². The van der Waals surface area contributed by atoms with Gasteiger partial charge in [0.25, 0.3) is 0 Å². The third-order valence-electron chi connectivity index (χ3n) is 3.51. The predicted octanol–water partition coefficient (Wildman–Crippen LogP) is -0.767. The molecule has 0 spiro atoms. The molecule has 3 N–H and O–H groups in total. The fourth-order valence-electron chi connectivity index (χ4n) is 2.38. The number of aliphatic carboxylic acids is 1. The number of nitrogens with one attached hydrogen (secondary N) is 2. The highest BCUT2D eigenvalue weighted by Gasteiger charge is 2.44. The van der Waals surface area contributed by atoms with Gasteiger partial charge in [-0.1, -0.05) is 0 Å². The molecule has 2 aliphatic heterocycles. The maximum absolute atomic E-state index is 11.8. The summed E-state index contributed by atoms with van der Waals surface area (Å²) in [6.07, 6.45) is 1.20. The number of hydrogen-bond acceptors (Lipinski definition) is 4. The zero-order valence-corrected chi connectivity index (χ0v) is 10.4. The first-order valence-corrected chi connectivity index (χ1v) is 6.10. The van der Waals surface area contributed by atoms with Gasteiger partial charge in [0, 0.05) is 25.6 Å². The highest BCUT2D eigenvalue weighted by molar-refractivity contribution is 5.86. The normalized spacial score (nSPS) is 32.4. The molecule has 7 heteroatoms. The van der Waals surface area contributed by atoms with Crippen LogP contribution in [0.1, 0.15) is 12.8 Å². The number of carboxylic acids is 1. The molecule has 0 aromatic carbocycles. The number of carbonyl (C=O) groups is 2. The molecule has 7 nitrogen and oxygen atoms in total. The molecule has 2 fully saturated rings. The van der Waals surface area contributed by atoms with Gasteiger partial charge in [-0.05, 0) is 20.0 Å². The van der Waals surface area contributed by atoms with Crippen molar-refractivity contribution in [2.75, 3.05) is 33.4 Å². The molecule has 2 heterocycles. The van der Waals surface area contributed by atoms with Crippen molar-refractivity contribution < 1.29 is 19.4 Å². The molecule has 2 rings (SSSR count). The van der Waals surface area contributed by atoms with Crippen LogP contribution in [-0.4, -0.2) is 66.9 Å². The number of carbonyl (C=O) groups excluding carboxylic acids is 1. The topological polar surface area (TPSA) is 90.9 Å². The molecule has 0 aliphatic carbocycles. The Morgan fingerprint density at radius 3 is 2.78 bits per heavy atom. The Bertz CT molecular complexity index is 341. The number of carboxylic acid groups (broad SMARTS) is 1. The summed E-state index contributed by atoms with van der Waals surface area (Å²) < 4.78 is 5.08. The van der Waals surface area contributed by atoms with E-state index in [-0.39, 0.29) is 12.6 Å². The number of ether oxygens (including phenoxy) is 1. The lowest BCUT2D eigenvalue weighted by Gasteiger charge is -2.25. The second-order valence-corrected chi connectivity index (χ2v) is 5.04. The van der Waals surface area contributed by atoms with Crippen LogP contribution in [-0.2, 0) is 9.53 Å². The third-order valence-corrected chi connectivity index (χ3v) is 3.51. The first-order chi connectivity index (χ1) is 8.52. The van der Waals surface area contributed by atoms with Gasteiger partial charge in [-0.25, -0.2) is 9.59 Å². The number of likely N-dealkylation sites (tertiary alicyclic amines) is 1. The molecular weight excluding hydrogens is 238 g/mol. The van der Waals surface area contributed by atoms with Gasteiger partial charge in [0.1, 0.15) is 0 Å². The summed E-state index contributed by atoms with van der Waals surface area (Å²) in [5.41, 5.74) is -1.27. The fraction of sp³-hybridized carbons (Fsp3) is 0.818. The fourth-order valence-corrected chi connectivity index (χ4v) is 2.38. The second-order valence-electron chi connectivity index (χ2n) is 5.04. The van der Waals surface area contributed by atoms with E-state index in [0.29, 0.717) is 13.0 Å². The summed E-state index contributed by atoms with van der Waals surface area (Å²) in [5.74, 6) is -1.04. The SMILES string of the molecule is CN1CCC(NC(=O)NC2(C(=O)O)CCOC2)C1. The van der Waals surface area contributed by atoms with Crippen molar-refractivity contribution in [2.45, 2.75) is 24.4 Å². The summed E-state index contributed by atoms with van der Waals surface area (Å²) >= 11 is 0. The predicted molar refractivity (Wildman–Crippen MR) is 63.4 cm³/mol. The monoisotopic (exact) mass is 257 g/mol. The molecule has 2 unspecified atom stereocenters. The molecule has 0 radical (unpaired) electrons. The van der Waals surface area contributed by atoms with E-state index < -0.39 is 17.5 Å². The first kappa shape index (κ1) is 13.1. The highest BCUT2D eigenvalue weighted by atomic mass is 16.5. The van der Waals surface area contributed by atoms with Crippen LogP contribution in [0.25, 0.3) is 0 Å². The van der Waals surface area contributed by atoms with Crippen LogP contribution < -0.4 is 10.6 Å². The van der Waals surface area contributed by atoms with Crippen LogP contribution in [0.15, 0.2) is 0 Å². The first-order valence-electron chi connectivity index (χ1n) is 6.10. The highest BCUT2D eigenvalue weighted by Crippen LogP contribution is 2.19. The zero-order valence-electron chi connectivity index (χ0n) is 10.4. The molecule has 2 atom stereocenters. The minimum atomic E-state index is -1.27. The van der Waals surface area contributed by atoms with Crippen LogP contribution in [0.4, 0.5) is 4.79 Å². The van der Waals surface area contributed by atoms with E-state index in [2.05, 4.69) is 15.5 Å². The van der Waals surface area contributed by atoms with Crippen molar-refractivity contribution in [3.05, 3.63) is 0 Å². The summed E-state index contributed by atoms with van der Waals surface area (Å²) in [5, 5.41) is 14.5. The van der Waals surface area contributed by atoms with Gasteiger partial charge in [0.15, 0.2) is 5.54 Å². The molecule has 0 bridgehead atoms. The largest absolute Gasteiger partial charge is 0.479 e. The molecule has 102 valence electrons. The van der Waals surface area contributed by atoms with E-state index in [1.165, 1.54) is 0 Å². The third kappa shape index (κ3) is 2.73. The maximum atomic E-state index is 11.8. The van der Waals surface area contributed by atoms with Crippen molar-refractivity contribution in [2.24, 2.45) is 0 Å². The lowest BCUT2D eigenvalue weighted by Crippen LogP contribution is -2.59. The average molecular weight is 257 g/mol. The Kier molecular flexibility index (Phi) is 3.72. The smallest absolute Gasteiger partial charge is 0.332 e. The van der Waals surface area contributed by atoms with Gasteiger partial charge < -0.3 is 25.4 Å². The zero-order chi connectivity index (χ0) is 13.2. The van der Waals surface area contributed by atoms with Gasteiger partial charge in [0.2, 0.25) is 0 Å². The summed E-state index contributed by atoms with van der Waals surface area (Å²) in [6.45, 7) is 2.13. The Morgan fingerprint density at radius 1 is 1.50 bits per heavy atom. The van der Waals surface area contributed by atoms with E-state index in [1.54, 1.807) is 0 Å². The molecule has 18 heavy (non-hydrogen) atoms. The van der Waals surface area contributed by atoms with Crippen LogP contribution in [0, 0.1) is 0 Å². The van der Waals surface area contributed by atoms with Crippen molar-refractivity contribution in [1.29, 1.82) is 0 Å². The van der Waals surface area contributed by atoms with Crippen LogP contribution >= 0.6 is 0 Å². The molecule has 0 aromatic rings. The molecule has 0 saturated carbocycles. The minimum Gasteiger partial charge on any atom is -0.479 e. The standard InChI is InChI=1S/C11H19N3O4/c1-14-4-2-8(6-14)12-10(17)13-11(9(15)16)3-5-18-7-11/h8H,2-7H2,1H3,(H,15,16)(H2,12,13,17). The lowest BCUT2D eigenvalue weighted by molar-refractivity contribution is -0.144. The minimum absolute atomic E-state index is 0.0281. The summed E-state index contributed by atoms with van der Waals surface area (Å²) in [7, 11) is 1.99. The van der Waals surface area contributed by atoms with Gasteiger partial charge in [-0.2, -0.15) is 0 Å². The second kappa shape index (κ2) is 5.11. The van der Waals surface area contributed by atoms with Gasteiger partial charge in [-0.3, -0.25) is 0 Å². The van der Waals surface area contributed by atoms with E-state index >= 15 is 0 Å². The van der Waals surface area contributed by atoms with E-state index in [1.807, 2.05) is 7.05 Å². The number of urea groups is 1. The molecular formula is C11H19N3O4. The number of rotatable bonds is 3. The quantitative estimate of drug-likeness (QED) is 0.618. The van der Waals surface area contributed by atoms with Gasteiger partial charge in [-0.15, -0.1) is 0 Å². The maximum Gasteiger partial charge on any atom is 0.332 e. The van der Waals surface area contributed by atoms with Crippen molar-refractivity contribution in [1.82, 2.24) is 15.5 Å². The number of hydrogen-bond donors (Lipinski definition) is 3. The summed E-state index contributed by atoms with van der Waals surface area (Å²) in [6, 6.07) is -0.341. The Balaban J connectivity index is 1.88. The number of nitrogens with zero attached hydrogens (tertiary/aromatic N) is 1. The summed E-state index contributed by atoms with van der Waals surface area (Å²) in [4.78, 5) is 25.2. The van der Waals surface area contributed by atoms with Gasteiger partial charge in [0.05, 0.1) is 6.61 Å². The number of likely N-dealkylation sites (N-methyl/N-ethyl adjacent to an activating group) is 1. The van der Waals surface area contributed by atoms with Crippen molar-refractivity contribution in [3.8, 4) is 0 Å². The lowest BCUT2D eigenvalue weighted by atomic mass is 9.99. The van der Waals surface area contributed by atoms with Gasteiger partial charge >= 0.3 is 12.0 Å². The van der Waals surface area contributed by atoms with E-state index in [0.717, 1.165) is 19.5 Å². The molecule has 2 saturated heterocycles.